The zero-order chi connectivity index (χ0) is 19.3. The van der Waals surface area contributed by atoms with E-state index in [1.807, 2.05) is 19.1 Å². The molecule has 0 bridgehead atoms. The number of hydrogen-bond donors (Lipinski definition) is 2. The van der Waals surface area contributed by atoms with Crippen LogP contribution in [0.15, 0.2) is 51.8 Å². The van der Waals surface area contributed by atoms with Crippen LogP contribution >= 0.6 is 15.9 Å². The van der Waals surface area contributed by atoms with E-state index in [9.17, 15) is 13.2 Å². The largest absolute Gasteiger partial charge is 0.383 e. The lowest BCUT2D eigenvalue weighted by atomic mass is 10.2. The van der Waals surface area contributed by atoms with E-state index in [1.165, 1.54) is 31.4 Å². The van der Waals surface area contributed by atoms with Crippen molar-refractivity contribution in [3.8, 4) is 0 Å². The number of carbonyl (C=O) groups excluding carboxylic acids is 1. The van der Waals surface area contributed by atoms with E-state index >= 15 is 0 Å². The lowest BCUT2D eigenvalue weighted by Gasteiger charge is -2.13. The summed E-state index contributed by atoms with van der Waals surface area (Å²) in [5.74, 6) is -0.320. The molecule has 0 saturated heterocycles. The van der Waals surface area contributed by atoms with Crippen molar-refractivity contribution in [2.45, 2.75) is 24.8 Å². The van der Waals surface area contributed by atoms with E-state index in [2.05, 4.69) is 26.0 Å². The highest BCUT2D eigenvalue weighted by Crippen LogP contribution is 2.24. The second-order valence-corrected chi connectivity index (χ2v) is 8.51. The van der Waals surface area contributed by atoms with Crippen molar-refractivity contribution in [1.82, 2.24) is 4.72 Å². The average Bonchev–Trinajstić information content (AvgIpc) is 2.57. The maximum Gasteiger partial charge on any atom is 0.255 e. The predicted molar refractivity (Wildman–Crippen MR) is 105 cm³/mol. The maximum absolute atomic E-state index is 12.4. The van der Waals surface area contributed by atoms with E-state index in [1.54, 1.807) is 13.0 Å². The number of rotatable bonds is 7. The topological polar surface area (TPSA) is 84.5 Å². The number of methoxy groups -OCH3 is 1. The fourth-order valence-electron chi connectivity index (χ4n) is 2.32. The molecule has 2 aromatic rings. The van der Waals surface area contributed by atoms with E-state index in [-0.39, 0.29) is 23.5 Å². The summed E-state index contributed by atoms with van der Waals surface area (Å²) < 4.78 is 32.8. The van der Waals surface area contributed by atoms with Gasteiger partial charge in [-0.2, -0.15) is 0 Å². The van der Waals surface area contributed by atoms with E-state index in [0.717, 1.165) is 10.0 Å². The molecule has 0 saturated carbocycles. The first-order chi connectivity index (χ1) is 12.2. The molecular formula is C18H21BrN2O4S. The van der Waals surface area contributed by atoms with Crippen molar-refractivity contribution < 1.29 is 17.9 Å². The number of benzene rings is 2. The number of aryl methyl sites for hydroxylation is 1. The van der Waals surface area contributed by atoms with Crippen LogP contribution < -0.4 is 10.0 Å². The van der Waals surface area contributed by atoms with Crippen LogP contribution in [-0.4, -0.2) is 34.1 Å². The highest BCUT2D eigenvalue weighted by Gasteiger charge is 2.18. The van der Waals surface area contributed by atoms with E-state index in [4.69, 9.17) is 4.74 Å². The molecule has 0 aliphatic rings. The standard InChI is InChI=1S/C18H21BrN2O4S/c1-12-4-9-17(16(19)10-12)20-18(22)14-5-7-15(8-6-14)26(23,24)21-13(2)11-25-3/h4-10,13,21H,11H2,1-3H3,(H,20,22). The second kappa shape index (κ2) is 8.77. The first-order valence-corrected chi connectivity index (χ1v) is 10.2. The smallest absolute Gasteiger partial charge is 0.255 e. The predicted octanol–water partition coefficient (Wildman–Crippen LogP) is 3.32. The Kier molecular flexibility index (Phi) is 6.94. The molecule has 8 heteroatoms. The van der Waals surface area contributed by atoms with Gasteiger partial charge in [-0.1, -0.05) is 6.07 Å². The number of halogens is 1. The molecule has 1 unspecified atom stereocenters. The lowest BCUT2D eigenvalue weighted by Crippen LogP contribution is -2.35. The van der Waals surface area contributed by atoms with Gasteiger partial charge in [0.2, 0.25) is 10.0 Å². The van der Waals surface area contributed by atoms with Crippen LogP contribution in [0.2, 0.25) is 0 Å². The Labute approximate surface area is 162 Å². The zero-order valence-corrected chi connectivity index (χ0v) is 17.1. The number of carbonyl (C=O) groups is 1. The molecule has 1 atom stereocenters. The van der Waals surface area contributed by atoms with Gasteiger partial charge in [0, 0.05) is 23.2 Å². The van der Waals surface area contributed by atoms with Crippen LogP contribution in [0, 0.1) is 6.92 Å². The molecule has 0 aliphatic carbocycles. The fourth-order valence-corrected chi connectivity index (χ4v) is 4.14. The highest BCUT2D eigenvalue weighted by atomic mass is 79.9. The van der Waals surface area contributed by atoms with Crippen molar-refractivity contribution in [3.63, 3.8) is 0 Å². The Morgan fingerprint density at radius 2 is 1.85 bits per heavy atom. The van der Waals surface area contributed by atoms with Crippen LogP contribution in [-0.2, 0) is 14.8 Å². The van der Waals surface area contributed by atoms with Gasteiger partial charge >= 0.3 is 0 Å². The molecule has 0 spiro atoms. The summed E-state index contributed by atoms with van der Waals surface area (Å²) in [6.45, 7) is 3.94. The third-order valence-corrected chi connectivity index (χ3v) is 5.83. The molecule has 0 fully saturated rings. The van der Waals surface area contributed by atoms with Gasteiger partial charge in [-0.05, 0) is 71.7 Å². The molecule has 1 amide bonds. The quantitative estimate of drug-likeness (QED) is 0.691. The van der Waals surface area contributed by atoms with Crippen LogP contribution in [0.25, 0.3) is 0 Å². The van der Waals surface area contributed by atoms with Gasteiger partial charge < -0.3 is 10.1 Å². The number of ether oxygens (including phenoxy) is 1. The summed E-state index contributed by atoms with van der Waals surface area (Å²) in [6.07, 6.45) is 0. The molecule has 0 aliphatic heterocycles. The van der Waals surface area contributed by atoms with Crippen molar-refractivity contribution in [2.24, 2.45) is 0 Å². The van der Waals surface area contributed by atoms with Crippen LogP contribution in [0.3, 0.4) is 0 Å². The van der Waals surface area contributed by atoms with Crippen LogP contribution in [0.5, 0.6) is 0 Å². The normalized spacial score (nSPS) is 12.6. The highest BCUT2D eigenvalue weighted by molar-refractivity contribution is 9.10. The Morgan fingerprint density at radius 1 is 1.19 bits per heavy atom. The molecule has 0 aromatic heterocycles. The summed E-state index contributed by atoms with van der Waals surface area (Å²) in [6, 6.07) is 11.0. The third kappa shape index (κ3) is 5.38. The third-order valence-electron chi connectivity index (χ3n) is 3.57. The van der Waals surface area contributed by atoms with Gasteiger partial charge in [-0.15, -0.1) is 0 Å². The van der Waals surface area contributed by atoms with E-state index in [0.29, 0.717) is 11.3 Å². The molecular weight excluding hydrogens is 420 g/mol. The minimum atomic E-state index is -3.66. The van der Waals surface area contributed by atoms with Crippen molar-refractivity contribution in [3.05, 3.63) is 58.1 Å². The van der Waals surface area contributed by atoms with Gasteiger partial charge in [0.05, 0.1) is 17.2 Å². The molecule has 26 heavy (non-hydrogen) atoms. The minimum Gasteiger partial charge on any atom is -0.383 e. The molecule has 2 rings (SSSR count). The molecule has 2 N–H and O–H groups in total. The van der Waals surface area contributed by atoms with Crippen molar-refractivity contribution in [1.29, 1.82) is 0 Å². The van der Waals surface area contributed by atoms with Crippen molar-refractivity contribution in [2.75, 3.05) is 19.0 Å². The molecule has 6 nitrogen and oxygen atoms in total. The molecule has 140 valence electrons. The number of sulfonamides is 1. The fraction of sp³-hybridized carbons (Fsp3) is 0.278. The molecule has 0 radical (unpaired) electrons. The van der Waals surface area contributed by atoms with Gasteiger partial charge in [-0.3, -0.25) is 4.79 Å². The van der Waals surface area contributed by atoms with Gasteiger partial charge in [0.25, 0.3) is 5.91 Å². The molecule has 2 aromatic carbocycles. The number of anilines is 1. The summed E-state index contributed by atoms with van der Waals surface area (Å²) in [5, 5.41) is 2.79. The lowest BCUT2D eigenvalue weighted by molar-refractivity contribution is 0.102. The summed E-state index contributed by atoms with van der Waals surface area (Å²) in [5.41, 5.74) is 2.08. The Balaban J connectivity index is 2.12. The summed E-state index contributed by atoms with van der Waals surface area (Å²) >= 11 is 3.41. The Morgan fingerprint density at radius 3 is 2.42 bits per heavy atom. The maximum atomic E-state index is 12.4. The number of hydrogen-bond acceptors (Lipinski definition) is 4. The second-order valence-electron chi connectivity index (χ2n) is 5.94. The zero-order valence-electron chi connectivity index (χ0n) is 14.7. The molecule has 0 heterocycles. The Hall–Kier alpha value is -1.74. The van der Waals surface area contributed by atoms with Gasteiger partial charge in [-0.25, -0.2) is 13.1 Å². The average molecular weight is 441 g/mol. The number of amides is 1. The first kappa shape index (κ1) is 20.6. The van der Waals surface area contributed by atoms with Gasteiger partial charge in [0.1, 0.15) is 0 Å². The van der Waals surface area contributed by atoms with Crippen LogP contribution in [0.4, 0.5) is 5.69 Å². The SMILES string of the molecule is COCC(C)NS(=O)(=O)c1ccc(C(=O)Nc2ccc(C)cc2Br)cc1. The minimum absolute atomic E-state index is 0.0912. The Bertz CT molecular complexity index is 883. The van der Waals surface area contributed by atoms with E-state index < -0.39 is 10.0 Å². The monoisotopic (exact) mass is 440 g/mol. The number of nitrogens with one attached hydrogen (secondary N) is 2. The summed E-state index contributed by atoms with van der Waals surface area (Å²) in [4.78, 5) is 12.5. The van der Waals surface area contributed by atoms with Crippen LogP contribution in [0.1, 0.15) is 22.8 Å². The summed E-state index contributed by atoms with van der Waals surface area (Å²) in [7, 11) is -2.16. The first-order valence-electron chi connectivity index (χ1n) is 7.92. The van der Waals surface area contributed by atoms with Crippen molar-refractivity contribution >= 4 is 37.5 Å². The van der Waals surface area contributed by atoms with Gasteiger partial charge in [0.15, 0.2) is 0 Å².